The number of para-hydroxylation sites is 1. The van der Waals surface area contributed by atoms with Crippen molar-refractivity contribution in [2.24, 2.45) is 0 Å². The first-order valence-corrected chi connectivity index (χ1v) is 5.50. The first kappa shape index (κ1) is 12.2. The van der Waals surface area contributed by atoms with Gasteiger partial charge in [-0.1, -0.05) is 12.1 Å². The zero-order chi connectivity index (χ0) is 13.3. The molecule has 92 valence electrons. The molecule has 3 nitrogen and oxygen atoms in total. The van der Waals surface area contributed by atoms with Crippen LogP contribution in [0, 0.1) is 12.7 Å². The van der Waals surface area contributed by atoms with E-state index in [1.165, 1.54) is 29.8 Å². The van der Waals surface area contributed by atoms with E-state index >= 15 is 0 Å². The molecule has 1 aromatic carbocycles. The van der Waals surface area contributed by atoms with E-state index in [-0.39, 0.29) is 16.8 Å². The highest BCUT2D eigenvalue weighted by atomic mass is 19.1. The Morgan fingerprint density at radius 3 is 2.56 bits per heavy atom. The quantitative estimate of drug-likeness (QED) is 0.762. The Kier molecular flexibility index (Phi) is 3.10. The third-order valence-electron chi connectivity index (χ3n) is 2.73. The summed E-state index contributed by atoms with van der Waals surface area (Å²) in [6.45, 7) is 3.01. The van der Waals surface area contributed by atoms with Gasteiger partial charge in [-0.2, -0.15) is 0 Å². The van der Waals surface area contributed by atoms with Crippen molar-refractivity contribution in [3.8, 4) is 5.69 Å². The Hall–Kier alpha value is -2.23. The maximum atomic E-state index is 13.7. The number of carbonyl (C=O) groups is 1. The number of aryl methyl sites for hydroxylation is 1. The van der Waals surface area contributed by atoms with E-state index in [1.807, 2.05) is 0 Å². The minimum absolute atomic E-state index is 0.0591. The van der Waals surface area contributed by atoms with Crippen LogP contribution in [0.4, 0.5) is 4.39 Å². The molecule has 0 N–H and O–H groups in total. The molecule has 0 fully saturated rings. The third-order valence-corrected chi connectivity index (χ3v) is 2.73. The molecule has 0 amide bonds. The van der Waals surface area contributed by atoms with Crippen LogP contribution in [0.25, 0.3) is 5.69 Å². The lowest BCUT2D eigenvalue weighted by atomic mass is 10.1. The van der Waals surface area contributed by atoms with Crippen LogP contribution in [-0.2, 0) is 0 Å². The second-order valence-electron chi connectivity index (χ2n) is 4.07. The smallest absolute Gasteiger partial charge is 0.192 e. The summed E-state index contributed by atoms with van der Waals surface area (Å²) < 4.78 is 15.2. The van der Waals surface area contributed by atoms with Gasteiger partial charge in [-0.05, 0) is 26.0 Å². The number of hydrogen-bond acceptors (Lipinski definition) is 2. The van der Waals surface area contributed by atoms with E-state index in [9.17, 15) is 14.0 Å². The van der Waals surface area contributed by atoms with Gasteiger partial charge < -0.3 is 4.57 Å². The Morgan fingerprint density at radius 2 is 1.94 bits per heavy atom. The predicted molar refractivity (Wildman–Crippen MR) is 66.7 cm³/mol. The fourth-order valence-corrected chi connectivity index (χ4v) is 1.80. The van der Waals surface area contributed by atoms with Gasteiger partial charge in [0.15, 0.2) is 11.2 Å². The van der Waals surface area contributed by atoms with Crippen LogP contribution in [0.1, 0.15) is 23.0 Å². The van der Waals surface area contributed by atoms with Crippen LogP contribution < -0.4 is 5.43 Å². The summed E-state index contributed by atoms with van der Waals surface area (Å²) in [5.41, 5.74) is 0.615. The molecule has 2 rings (SSSR count). The molecule has 0 aliphatic carbocycles. The van der Waals surface area contributed by atoms with E-state index in [4.69, 9.17) is 0 Å². The van der Waals surface area contributed by atoms with Crippen LogP contribution >= 0.6 is 0 Å². The predicted octanol–water partition coefficient (Wildman–Crippen LogP) is 2.49. The number of halogens is 1. The standard InChI is InChI=1S/C14H12FNO2/c1-9-7-14(18)11(10(2)17)8-16(9)13-6-4-3-5-12(13)15/h3-8H,1-2H3. The molecule has 0 saturated carbocycles. The van der Waals surface area contributed by atoms with Crippen molar-refractivity contribution in [2.75, 3.05) is 0 Å². The molecule has 0 aliphatic rings. The van der Waals surface area contributed by atoms with E-state index in [0.717, 1.165) is 0 Å². The summed E-state index contributed by atoms with van der Waals surface area (Å²) in [4.78, 5) is 23.0. The molecule has 4 heteroatoms. The summed E-state index contributed by atoms with van der Waals surface area (Å²) >= 11 is 0. The normalized spacial score (nSPS) is 10.4. The molecule has 0 spiro atoms. The number of aromatic nitrogens is 1. The minimum Gasteiger partial charge on any atom is -0.318 e. The summed E-state index contributed by atoms with van der Waals surface area (Å²) in [7, 11) is 0. The molecular formula is C14H12FNO2. The zero-order valence-electron chi connectivity index (χ0n) is 10.1. The van der Waals surface area contributed by atoms with Crippen molar-refractivity contribution < 1.29 is 9.18 Å². The van der Waals surface area contributed by atoms with Crippen molar-refractivity contribution in [3.05, 3.63) is 63.8 Å². The summed E-state index contributed by atoms with van der Waals surface area (Å²) in [6.07, 6.45) is 1.39. The van der Waals surface area contributed by atoms with Crippen LogP contribution in [0.2, 0.25) is 0 Å². The lowest BCUT2D eigenvalue weighted by Gasteiger charge is -2.12. The SMILES string of the molecule is CC(=O)c1cn(-c2ccccc2F)c(C)cc1=O. The Balaban J connectivity index is 2.73. The number of ketones is 1. The van der Waals surface area contributed by atoms with Gasteiger partial charge in [0.05, 0.1) is 11.3 Å². The largest absolute Gasteiger partial charge is 0.318 e. The van der Waals surface area contributed by atoms with Crippen molar-refractivity contribution in [3.63, 3.8) is 0 Å². The van der Waals surface area contributed by atoms with Gasteiger partial charge in [0, 0.05) is 18.0 Å². The van der Waals surface area contributed by atoms with Crippen LogP contribution in [0.15, 0.2) is 41.3 Å². The highest BCUT2D eigenvalue weighted by molar-refractivity contribution is 5.93. The van der Waals surface area contributed by atoms with Crippen LogP contribution in [0.3, 0.4) is 0 Å². The van der Waals surface area contributed by atoms with E-state index in [1.54, 1.807) is 25.1 Å². The zero-order valence-corrected chi connectivity index (χ0v) is 10.1. The molecule has 2 aromatic rings. The van der Waals surface area contributed by atoms with Crippen LogP contribution in [0.5, 0.6) is 0 Å². The average Bonchev–Trinajstić information content (AvgIpc) is 2.30. The number of nitrogens with zero attached hydrogens (tertiary/aromatic N) is 1. The Morgan fingerprint density at radius 1 is 1.28 bits per heavy atom. The van der Waals surface area contributed by atoms with Crippen molar-refractivity contribution >= 4 is 5.78 Å². The molecule has 0 unspecified atom stereocenters. The van der Waals surface area contributed by atoms with Gasteiger partial charge >= 0.3 is 0 Å². The molecule has 0 radical (unpaired) electrons. The molecule has 1 heterocycles. The number of rotatable bonds is 2. The van der Waals surface area contributed by atoms with Gasteiger partial charge in [-0.25, -0.2) is 4.39 Å². The van der Waals surface area contributed by atoms with Crippen molar-refractivity contribution in [1.29, 1.82) is 0 Å². The van der Waals surface area contributed by atoms with Gasteiger partial charge in [-0.15, -0.1) is 0 Å². The number of carbonyl (C=O) groups excluding carboxylic acids is 1. The summed E-state index contributed by atoms with van der Waals surface area (Å²) in [5, 5.41) is 0. The molecule has 18 heavy (non-hydrogen) atoms. The van der Waals surface area contributed by atoms with Gasteiger partial charge in [0.2, 0.25) is 0 Å². The summed E-state index contributed by atoms with van der Waals surface area (Å²) in [5.74, 6) is -0.733. The fourth-order valence-electron chi connectivity index (χ4n) is 1.80. The topological polar surface area (TPSA) is 39.1 Å². The molecule has 0 bridgehead atoms. The minimum atomic E-state index is -0.404. The Labute approximate surface area is 104 Å². The van der Waals surface area contributed by atoms with Crippen molar-refractivity contribution in [2.45, 2.75) is 13.8 Å². The first-order valence-electron chi connectivity index (χ1n) is 5.50. The highest BCUT2D eigenvalue weighted by Gasteiger charge is 2.11. The lowest BCUT2D eigenvalue weighted by Crippen LogP contribution is -2.17. The van der Waals surface area contributed by atoms with Gasteiger partial charge in [0.25, 0.3) is 0 Å². The molecule has 1 aromatic heterocycles. The lowest BCUT2D eigenvalue weighted by molar-refractivity contribution is 0.101. The third kappa shape index (κ3) is 2.09. The number of pyridine rings is 1. The van der Waals surface area contributed by atoms with Gasteiger partial charge in [0.1, 0.15) is 5.82 Å². The number of hydrogen-bond donors (Lipinski definition) is 0. The maximum absolute atomic E-state index is 13.7. The highest BCUT2D eigenvalue weighted by Crippen LogP contribution is 2.15. The van der Waals surface area contributed by atoms with Crippen molar-refractivity contribution in [1.82, 2.24) is 4.57 Å². The monoisotopic (exact) mass is 245 g/mol. The number of benzene rings is 1. The van der Waals surface area contributed by atoms with E-state index in [0.29, 0.717) is 11.4 Å². The molecule has 0 aliphatic heterocycles. The molecular weight excluding hydrogens is 233 g/mol. The van der Waals surface area contributed by atoms with Crippen LogP contribution in [-0.4, -0.2) is 10.4 Å². The summed E-state index contributed by atoms with van der Waals surface area (Å²) in [6, 6.07) is 7.55. The second kappa shape index (κ2) is 4.56. The fraction of sp³-hybridized carbons (Fsp3) is 0.143. The van der Waals surface area contributed by atoms with Gasteiger partial charge in [-0.3, -0.25) is 9.59 Å². The molecule has 0 atom stereocenters. The van der Waals surface area contributed by atoms with E-state index < -0.39 is 5.82 Å². The average molecular weight is 245 g/mol. The van der Waals surface area contributed by atoms with E-state index in [2.05, 4.69) is 0 Å². The second-order valence-corrected chi connectivity index (χ2v) is 4.07. The first-order chi connectivity index (χ1) is 8.50. The number of Topliss-reactive ketones (excluding diaryl/α,β-unsaturated/α-hetero) is 1. The Bertz CT molecular complexity index is 674. The molecule has 0 saturated heterocycles. The maximum Gasteiger partial charge on any atom is 0.192 e.